The van der Waals surface area contributed by atoms with Gasteiger partial charge in [0.05, 0.1) is 0 Å². The van der Waals surface area contributed by atoms with Gasteiger partial charge in [-0.05, 0) is 57.0 Å². The molecule has 2 N–H and O–H groups in total. The summed E-state index contributed by atoms with van der Waals surface area (Å²) in [4.78, 5) is 0. The minimum absolute atomic E-state index is 0.0595. The van der Waals surface area contributed by atoms with E-state index in [1.54, 1.807) is 6.07 Å². The number of hydrogen-bond donors (Lipinski definition) is 2. The molecule has 1 atom stereocenters. The lowest BCUT2D eigenvalue weighted by molar-refractivity contribution is 0.349. The van der Waals surface area contributed by atoms with Gasteiger partial charge in [-0.25, -0.2) is 0 Å². The molecule has 0 aliphatic carbocycles. The standard InChI is InChI=1S/C18H22BrNO/c1-12-5-10-16(17(21)11-12)13(2)20-18(3,4)14-6-8-15(19)9-7-14/h5-11,13,20-21H,1-4H3. The lowest BCUT2D eigenvalue weighted by Gasteiger charge is -2.31. The molecule has 0 aromatic heterocycles. The SMILES string of the molecule is Cc1ccc(C(C)NC(C)(C)c2ccc(Br)cc2)c(O)c1. The molecule has 0 amide bonds. The van der Waals surface area contributed by atoms with Gasteiger partial charge in [0.15, 0.2) is 0 Å². The average molecular weight is 348 g/mol. The molecule has 0 bridgehead atoms. The molecule has 21 heavy (non-hydrogen) atoms. The summed E-state index contributed by atoms with van der Waals surface area (Å²) in [6.45, 7) is 8.36. The minimum Gasteiger partial charge on any atom is -0.508 e. The summed E-state index contributed by atoms with van der Waals surface area (Å²) in [7, 11) is 0. The molecular weight excluding hydrogens is 326 g/mol. The van der Waals surface area contributed by atoms with Gasteiger partial charge in [-0.15, -0.1) is 0 Å². The monoisotopic (exact) mass is 347 g/mol. The molecule has 0 heterocycles. The third-order valence-electron chi connectivity index (χ3n) is 3.80. The van der Waals surface area contributed by atoms with Crippen molar-refractivity contribution < 1.29 is 5.11 Å². The highest BCUT2D eigenvalue weighted by molar-refractivity contribution is 9.10. The third kappa shape index (κ3) is 3.86. The van der Waals surface area contributed by atoms with Gasteiger partial charge in [0.25, 0.3) is 0 Å². The molecule has 0 fully saturated rings. The Morgan fingerprint density at radius 1 is 1.10 bits per heavy atom. The topological polar surface area (TPSA) is 32.3 Å². The van der Waals surface area contributed by atoms with Crippen LogP contribution < -0.4 is 5.32 Å². The van der Waals surface area contributed by atoms with Crippen molar-refractivity contribution in [2.45, 2.75) is 39.3 Å². The molecule has 3 heteroatoms. The van der Waals surface area contributed by atoms with Crippen LogP contribution >= 0.6 is 15.9 Å². The van der Waals surface area contributed by atoms with Crippen LogP contribution in [0, 0.1) is 6.92 Å². The summed E-state index contributed by atoms with van der Waals surface area (Å²) < 4.78 is 1.08. The molecule has 0 saturated carbocycles. The van der Waals surface area contributed by atoms with E-state index >= 15 is 0 Å². The largest absolute Gasteiger partial charge is 0.508 e. The molecule has 0 spiro atoms. The van der Waals surface area contributed by atoms with Crippen LogP contribution in [0.3, 0.4) is 0 Å². The summed E-state index contributed by atoms with van der Waals surface area (Å²) in [6, 6.07) is 14.2. The number of halogens is 1. The maximum atomic E-state index is 10.1. The van der Waals surface area contributed by atoms with Crippen LogP contribution in [0.4, 0.5) is 0 Å². The highest BCUT2D eigenvalue weighted by Gasteiger charge is 2.24. The zero-order valence-electron chi connectivity index (χ0n) is 12.9. The molecule has 0 aliphatic heterocycles. The summed E-state index contributed by atoms with van der Waals surface area (Å²) in [5.41, 5.74) is 3.02. The van der Waals surface area contributed by atoms with Crippen molar-refractivity contribution in [3.05, 3.63) is 63.6 Å². The molecule has 112 valence electrons. The number of rotatable bonds is 4. The maximum Gasteiger partial charge on any atom is 0.120 e. The van der Waals surface area contributed by atoms with Crippen molar-refractivity contribution in [2.24, 2.45) is 0 Å². The summed E-state index contributed by atoms with van der Waals surface area (Å²) in [5.74, 6) is 0.349. The van der Waals surface area contributed by atoms with Crippen LogP contribution in [0.15, 0.2) is 46.9 Å². The van der Waals surface area contributed by atoms with E-state index in [-0.39, 0.29) is 11.6 Å². The number of nitrogens with one attached hydrogen (secondary N) is 1. The normalized spacial score (nSPS) is 13.2. The fourth-order valence-corrected chi connectivity index (χ4v) is 2.85. The number of aromatic hydroxyl groups is 1. The number of aryl methyl sites for hydroxylation is 1. The van der Waals surface area contributed by atoms with E-state index in [1.165, 1.54) is 5.56 Å². The molecule has 2 aromatic carbocycles. The number of hydrogen-bond acceptors (Lipinski definition) is 2. The van der Waals surface area contributed by atoms with Gasteiger partial charge < -0.3 is 10.4 Å². The Balaban J connectivity index is 2.21. The summed E-state index contributed by atoms with van der Waals surface area (Å²) >= 11 is 3.46. The Bertz CT molecular complexity index is 620. The lowest BCUT2D eigenvalue weighted by atomic mass is 9.92. The molecule has 0 aliphatic rings. The van der Waals surface area contributed by atoms with E-state index < -0.39 is 0 Å². The third-order valence-corrected chi connectivity index (χ3v) is 4.32. The van der Waals surface area contributed by atoms with Gasteiger partial charge in [0.2, 0.25) is 0 Å². The van der Waals surface area contributed by atoms with Gasteiger partial charge in [0, 0.05) is 21.6 Å². The second kappa shape index (κ2) is 6.20. The predicted octanol–water partition coefficient (Wildman–Crippen LogP) is 5.05. The zero-order chi connectivity index (χ0) is 15.6. The average Bonchev–Trinajstić information content (AvgIpc) is 2.38. The quantitative estimate of drug-likeness (QED) is 0.810. The van der Waals surface area contributed by atoms with E-state index in [4.69, 9.17) is 0 Å². The lowest BCUT2D eigenvalue weighted by Crippen LogP contribution is -2.38. The Labute approximate surface area is 135 Å². The van der Waals surface area contributed by atoms with Gasteiger partial charge in [-0.1, -0.05) is 40.2 Å². The van der Waals surface area contributed by atoms with Crippen molar-refractivity contribution in [1.29, 1.82) is 0 Å². The van der Waals surface area contributed by atoms with E-state index in [0.29, 0.717) is 5.75 Å². The molecule has 2 rings (SSSR count). The highest BCUT2D eigenvalue weighted by atomic mass is 79.9. The van der Waals surface area contributed by atoms with Crippen LogP contribution in [0.5, 0.6) is 5.75 Å². The summed E-state index contributed by atoms with van der Waals surface area (Å²) in [6.07, 6.45) is 0. The maximum absolute atomic E-state index is 10.1. The zero-order valence-corrected chi connectivity index (χ0v) is 14.5. The van der Waals surface area contributed by atoms with Crippen LogP contribution in [-0.4, -0.2) is 5.11 Å². The van der Waals surface area contributed by atoms with E-state index in [2.05, 4.69) is 54.2 Å². The molecule has 2 aromatic rings. The van der Waals surface area contributed by atoms with Gasteiger partial charge in [0.1, 0.15) is 5.75 Å². The van der Waals surface area contributed by atoms with Crippen LogP contribution in [-0.2, 0) is 5.54 Å². The van der Waals surface area contributed by atoms with Crippen molar-refractivity contribution in [3.8, 4) is 5.75 Å². The van der Waals surface area contributed by atoms with Gasteiger partial charge in [-0.3, -0.25) is 0 Å². The second-order valence-corrected chi connectivity index (χ2v) is 6.98. The highest BCUT2D eigenvalue weighted by Crippen LogP contribution is 2.30. The Kier molecular flexibility index (Phi) is 4.74. The van der Waals surface area contributed by atoms with Crippen molar-refractivity contribution in [1.82, 2.24) is 5.32 Å². The van der Waals surface area contributed by atoms with Crippen LogP contribution in [0.25, 0.3) is 0 Å². The first-order valence-electron chi connectivity index (χ1n) is 7.13. The number of phenols is 1. The Morgan fingerprint density at radius 3 is 2.29 bits per heavy atom. The molecular formula is C18H22BrNO. The van der Waals surface area contributed by atoms with Gasteiger partial charge >= 0.3 is 0 Å². The van der Waals surface area contributed by atoms with Crippen LogP contribution in [0.1, 0.15) is 43.5 Å². The fourth-order valence-electron chi connectivity index (χ4n) is 2.59. The molecule has 0 radical (unpaired) electrons. The molecule has 2 nitrogen and oxygen atoms in total. The molecule has 1 unspecified atom stereocenters. The Morgan fingerprint density at radius 2 is 1.71 bits per heavy atom. The van der Waals surface area contributed by atoms with Crippen molar-refractivity contribution in [3.63, 3.8) is 0 Å². The van der Waals surface area contributed by atoms with Crippen molar-refractivity contribution >= 4 is 15.9 Å². The summed E-state index contributed by atoms with van der Waals surface area (Å²) in [5, 5.41) is 13.7. The van der Waals surface area contributed by atoms with E-state index in [1.807, 2.05) is 31.2 Å². The first kappa shape index (κ1) is 16.1. The van der Waals surface area contributed by atoms with Crippen molar-refractivity contribution in [2.75, 3.05) is 0 Å². The second-order valence-electron chi connectivity index (χ2n) is 6.06. The van der Waals surface area contributed by atoms with E-state index in [0.717, 1.165) is 15.6 Å². The van der Waals surface area contributed by atoms with Crippen LogP contribution in [0.2, 0.25) is 0 Å². The predicted molar refractivity (Wildman–Crippen MR) is 91.6 cm³/mol. The van der Waals surface area contributed by atoms with Gasteiger partial charge in [-0.2, -0.15) is 0 Å². The smallest absolute Gasteiger partial charge is 0.120 e. The minimum atomic E-state index is -0.183. The number of benzene rings is 2. The first-order valence-corrected chi connectivity index (χ1v) is 7.92. The first-order chi connectivity index (χ1) is 9.79. The number of phenolic OH excluding ortho intramolecular Hbond substituents is 1. The molecule has 0 saturated heterocycles. The van der Waals surface area contributed by atoms with E-state index in [9.17, 15) is 5.11 Å². The fraction of sp³-hybridized carbons (Fsp3) is 0.333. The Hall–Kier alpha value is -1.32.